The molecule has 1 aliphatic carbocycles. The number of fused-ring (bicyclic) bond motifs is 3. The van der Waals surface area contributed by atoms with Gasteiger partial charge in [-0.05, 0) is 31.9 Å². The lowest BCUT2D eigenvalue weighted by Crippen LogP contribution is -2.52. The minimum Gasteiger partial charge on any atom is -0.320 e. The molecule has 178 valence electrons. The van der Waals surface area contributed by atoms with Gasteiger partial charge in [0.15, 0.2) is 0 Å². The van der Waals surface area contributed by atoms with Crippen LogP contribution in [0.4, 0.5) is 5.69 Å². The zero-order valence-electron chi connectivity index (χ0n) is 18.7. The second kappa shape index (κ2) is 8.09. The van der Waals surface area contributed by atoms with E-state index in [-0.39, 0.29) is 34.6 Å². The van der Waals surface area contributed by atoms with Crippen LogP contribution in [0.15, 0.2) is 34.4 Å². The van der Waals surface area contributed by atoms with Gasteiger partial charge in [0.2, 0.25) is 16.0 Å². The summed E-state index contributed by atoms with van der Waals surface area (Å²) in [7, 11) is -2.08. The van der Waals surface area contributed by atoms with E-state index in [4.69, 9.17) is 17.3 Å². The molecule has 2 aliphatic heterocycles. The third-order valence-corrected chi connectivity index (χ3v) is 7.99. The summed E-state index contributed by atoms with van der Waals surface area (Å²) < 4.78 is 30.5. The third kappa shape index (κ3) is 3.96. The molecule has 34 heavy (non-hydrogen) atoms. The maximum atomic E-state index is 13.7. The first-order chi connectivity index (χ1) is 16.1. The number of aryl methyl sites for hydroxylation is 1. The van der Waals surface area contributed by atoms with E-state index < -0.39 is 21.5 Å². The summed E-state index contributed by atoms with van der Waals surface area (Å²) in [6.07, 6.45) is 5.00. The molecule has 1 saturated carbocycles. The van der Waals surface area contributed by atoms with Crippen molar-refractivity contribution in [2.75, 3.05) is 18.0 Å². The zero-order chi connectivity index (χ0) is 24.3. The molecular weight excluding hydrogens is 478 g/mol. The number of amides is 1. The molecule has 3 N–H and O–H groups in total. The van der Waals surface area contributed by atoms with Crippen LogP contribution < -0.4 is 15.4 Å². The number of aromatic nitrogens is 2. The number of carbonyl (C=O) groups excluding carboxylic acids is 1. The summed E-state index contributed by atoms with van der Waals surface area (Å²) in [5.74, 6) is 5.97. The largest absolute Gasteiger partial charge is 0.320 e. The number of halogens is 1. The quantitative estimate of drug-likeness (QED) is 0.590. The molecular formula is C22H24ClN7O3S. The Labute approximate surface area is 202 Å². The number of hydrogen-bond donors (Lipinski definition) is 2. The summed E-state index contributed by atoms with van der Waals surface area (Å²) in [4.78, 5) is 21.5. The van der Waals surface area contributed by atoms with Crippen molar-refractivity contribution in [1.29, 1.82) is 0 Å². The van der Waals surface area contributed by atoms with Gasteiger partial charge < -0.3 is 5.73 Å². The lowest BCUT2D eigenvalue weighted by molar-refractivity contribution is 0.0833. The molecule has 0 saturated heterocycles. The van der Waals surface area contributed by atoms with Crippen molar-refractivity contribution in [3.8, 4) is 11.8 Å². The average molecular weight is 502 g/mol. The Hall–Kier alpha value is -2.91. The molecule has 5 rings (SSSR count). The monoisotopic (exact) mass is 501 g/mol. The van der Waals surface area contributed by atoms with E-state index in [0.29, 0.717) is 18.2 Å². The number of aliphatic imine (C=N–C) groups is 1. The molecule has 0 radical (unpaired) electrons. The predicted octanol–water partition coefficient (Wildman–Crippen LogP) is 1.07. The Balaban J connectivity index is 1.62. The molecule has 1 aromatic carbocycles. The van der Waals surface area contributed by atoms with Crippen LogP contribution in [-0.4, -0.2) is 59.6 Å². The number of sulfonamides is 1. The van der Waals surface area contributed by atoms with E-state index in [1.165, 1.54) is 17.0 Å². The molecule has 0 bridgehead atoms. The van der Waals surface area contributed by atoms with Crippen molar-refractivity contribution >= 4 is 39.2 Å². The number of rotatable bonds is 5. The molecule has 1 aromatic heterocycles. The van der Waals surface area contributed by atoms with Gasteiger partial charge in [-0.15, -0.1) is 0 Å². The highest BCUT2D eigenvalue weighted by atomic mass is 35.5. The highest BCUT2D eigenvalue weighted by Crippen LogP contribution is 2.42. The number of guanidine groups is 1. The number of hydrogen-bond acceptors (Lipinski definition) is 7. The molecule has 3 heterocycles. The maximum Gasteiger partial charge on any atom is 0.263 e. The normalized spacial score (nSPS) is 20.4. The Bertz CT molecular complexity index is 1380. The van der Waals surface area contributed by atoms with Gasteiger partial charge in [-0.2, -0.15) is 5.10 Å². The molecule has 1 amide bonds. The summed E-state index contributed by atoms with van der Waals surface area (Å²) in [5.41, 5.74) is 6.49. The maximum absolute atomic E-state index is 13.7. The lowest BCUT2D eigenvalue weighted by Gasteiger charge is -2.38. The van der Waals surface area contributed by atoms with E-state index in [1.807, 2.05) is 13.1 Å². The molecule has 12 heteroatoms. The fourth-order valence-corrected chi connectivity index (χ4v) is 6.04. The van der Waals surface area contributed by atoms with Crippen LogP contribution in [-0.2, 0) is 23.6 Å². The Morgan fingerprint density at radius 3 is 2.76 bits per heavy atom. The van der Waals surface area contributed by atoms with Gasteiger partial charge in [-0.1, -0.05) is 23.4 Å². The molecule has 1 fully saturated rings. The molecule has 0 spiro atoms. The van der Waals surface area contributed by atoms with E-state index in [1.54, 1.807) is 22.8 Å². The van der Waals surface area contributed by atoms with Gasteiger partial charge >= 0.3 is 0 Å². The second-order valence-corrected chi connectivity index (χ2v) is 11.0. The van der Waals surface area contributed by atoms with Crippen LogP contribution in [0.5, 0.6) is 0 Å². The van der Waals surface area contributed by atoms with E-state index >= 15 is 0 Å². The number of benzene rings is 1. The highest BCUT2D eigenvalue weighted by molar-refractivity contribution is 7.89. The fourth-order valence-electron chi connectivity index (χ4n) is 4.15. The van der Waals surface area contributed by atoms with Crippen molar-refractivity contribution in [1.82, 2.24) is 19.4 Å². The fraction of sp³-hybridized carbons (Fsp3) is 0.409. The number of anilines is 1. The van der Waals surface area contributed by atoms with Crippen molar-refractivity contribution < 1.29 is 13.2 Å². The lowest BCUT2D eigenvalue weighted by atomic mass is 10.1. The van der Waals surface area contributed by atoms with Crippen LogP contribution in [0, 0.1) is 11.8 Å². The zero-order valence-corrected chi connectivity index (χ0v) is 20.3. The Morgan fingerprint density at radius 2 is 2.12 bits per heavy atom. The molecule has 0 unspecified atom stereocenters. The summed E-state index contributed by atoms with van der Waals surface area (Å²) >= 11 is 6.64. The number of carbonyl (C=O) groups is 1. The van der Waals surface area contributed by atoms with E-state index in [2.05, 4.69) is 26.7 Å². The third-order valence-electron chi connectivity index (χ3n) is 6.09. The SMILES string of the molecule is Cn1cc(CN2C(=O)c3cc(S(=O)(=O)NC4(C)CC4)cc(Cl)c3N3C2=NC[C@@H]3C#CCN)cn1. The molecule has 10 nitrogen and oxygen atoms in total. The van der Waals surface area contributed by atoms with E-state index in [0.717, 1.165) is 18.4 Å². The van der Waals surface area contributed by atoms with Crippen LogP contribution >= 0.6 is 11.6 Å². The molecule has 1 atom stereocenters. The van der Waals surface area contributed by atoms with Crippen molar-refractivity contribution in [3.05, 3.63) is 40.7 Å². The minimum absolute atomic E-state index is 0.0526. The molecule has 3 aliphatic rings. The van der Waals surface area contributed by atoms with Crippen LogP contribution in [0.25, 0.3) is 0 Å². The van der Waals surface area contributed by atoms with Gasteiger partial charge in [0.05, 0.1) is 47.0 Å². The topological polar surface area (TPSA) is 126 Å². The van der Waals surface area contributed by atoms with Crippen LogP contribution in [0.2, 0.25) is 5.02 Å². The van der Waals surface area contributed by atoms with Gasteiger partial charge in [-0.25, -0.2) is 18.1 Å². The first-order valence-corrected chi connectivity index (χ1v) is 12.7. The smallest absolute Gasteiger partial charge is 0.263 e. The minimum atomic E-state index is -3.87. The Kier molecular flexibility index (Phi) is 5.44. The highest BCUT2D eigenvalue weighted by Gasteiger charge is 2.45. The van der Waals surface area contributed by atoms with E-state index in [9.17, 15) is 13.2 Å². The van der Waals surface area contributed by atoms with Crippen molar-refractivity contribution in [2.45, 2.75) is 42.8 Å². The van der Waals surface area contributed by atoms with Crippen molar-refractivity contribution in [2.24, 2.45) is 17.8 Å². The number of nitrogens with zero attached hydrogens (tertiary/aromatic N) is 5. The van der Waals surface area contributed by atoms with Crippen molar-refractivity contribution in [3.63, 3.8) is 0 Å². The average Bonchev–Trinajstić information content (AvgIpc) is 3.15. The van der Waals surface area contributed by atoms with Gasteiger partial charge in [-0.3, -0.25) is 19.3 Å². The molecule has 2 aromatic rings. The second-order valence-electron chi connectivity index (χ2n) is 8.93. The summed E-state index contributed by atoms with van der Waals surface area (Å²) in [6.45, 7) is 2.57. The van der Waals surface area contributed by atoms with Gasteiger partial charge in [0, 0.05) is 24.3 Å². The predicted molar refractivity (Wildman–Crippen MR) is 128 cm³/mol. The standard InChI is InChI=1S/C22H24ClN7O3S/c1-22(5-6-22)27-34(32,33)16-8-17-19(18(23)9-16)30-15(4-3-7-24)11-25-21(30)29(20(17)31)13-14-10-26-28(2)12-14/h8-10,12,15,27H,5-7,11,13,24H2,1-2H3/t15-/m0/s1. The van der Waals surface area contributed by atoms with Crippen LogP contribution in [0.3, 0.4) is 0 Å². The van der Waals surface area contributed by atoms with Crippen LogP contribution in [0.1, 0.15) is 35.7 Å². The van der Waals surface area contributed by atoms with Gasteiger partial charge in [0.1, 0.15) is 6.04 Å². The first kappa shape index (κ1) is 22.9. The number of nitrogens with one attached hydrogen (secondary N) is 1. The summed E-state index contributed by atoms with van der Waals surface area (Å²) in [5, 5.41) is 4.31. The Morgan fingerprint density at radius 1 is 1.35 bits per heavy atom. The van der Waals surface area contributed by atoms with Gasteiger partial charge in [0.25, 0.3) is 5.91 Å². The first-order valence-electron chi connectivity index (χ1n) is 10.8. The number of nitrogens with two attached hydrogens (primary N) is 1. The summed E-state index contributed by atoms with van der Waals surface area (Å²) in [6, 6.07) is 2.38.